The van der Waals surface area contributed by atoms with Crippen LogP contribution in [0.5, 0.6) is 0 Å². The monoisotopic (exact) mass is 284 g/mol. The predicted molar refractivity (Wildman–Crippen MR) is 83.3 cm³/mol. The van der Waals surface area contributed by atoms with Gasteiger partial charge in [-0.25, -0.2) is 0 Å². The molecule has 2 amide bonds. The van der Waals surface area contributed by atoms with Gasteiger partial charge in [-0.15, -0.1) is 0 Å². The van der Waals surface area contributed by atoms with E-state index in [1.807, 2.05) is 44.2 Å². The number of carbonyl (C=O) groups excluding carboxylic acids is 2. The molecular weight excluding hydrogens is 256 g/mol. The Hall–Kier alpha value is -1.88. The molecule has 0 radical (unpaired) electrons. The highest BCUT2D eigenvalue weighted by molar-refractivity contribution is 5.86. The quantitative estimate of drug-likeness (QED) is 0.839. The summed E-state index contributed by atoms with van der Waals surface area (Å²) < 4.78 is 5.43. The van der Waals surface area contributed by atoms with Crippen LogP contribution < -0.4 is 10.6 Å². The Bertz CT molecular complexity index is 403. The standard InChI is InChI=1S/C13H18N2O3.C2H6.2H2/c1-10(16)15-12(13(17)14-2)9-18-8-11-6-4-3-5-7-11;1-2;;/h3-7,12H,8-9H2,1-2H3,(H,14,17)(H,15,16);1-2H3;2*1H. The molecule has 1 rings (SSSR count). The van der Waals surface area contributed by atoms with Crippen LogP contribution >= 0.6 is 0 Å². The summed E-state index contributed by atoms with van der Waals surface area (Å²) in [4.78, 5) is 22.4. The van der Waals surface area contributed by atoms with Crippen molar-refractivity contribution in [3.63, 3.8) is 0 Å². The van der Waals surface area contributed by atoms with E-state index in [0.29, 0.717) is 6.61 Å². The Morgan fingerprint density at radius 1 is 1.25 bits per heavy atom. The number of ether oxygens (including phenoxy) is 1. The number of rotatable bonds is 6. The first-order valence-corrected chi connectivity index (χ1v) is 6.74. The van der Waals surface area contributed by atoms with Gasteiger partial charge < -0.3 is 15.4 Å². The normalized spacial score (nSPS) is 10.8. The second kappa shape index (κ2) is 11.0. The summed E-state index contributed by atoms with van der Waals surface area (Å²) in [7, 11) is 1.52. The zero-order chi connectivity index (χ0) is 15.4. The molecule has 0 heterocycles. The fourth-order valence-corrected chi connectivity index (χ4v) is 1.47. The highest BCUT2D eigenvalue weighted by atomic mass is 16.5. The second-order valence-corrected chi connectivity index (χ2v) is 3.87. The topological polar surface area (TPSA) is 67.4 Å². The van der Waals surface area contributed by atoms with Gasteiger partial charge in [0.05, 0.1) is 13.2 Å². The smallest absolute Gasteiger partial charge is 0.244 e. The van der Waals surface area contributed by atoms with E-state index in [2.05, 4.69) is 10.6 Å². The highest BCUT2D eigenvalue weighted by Gasteiger charge is 2.17. The molecule has 0 aliphatic rings. The lowest BCUT2D eigenvalue weighted by atomic mass is 10.2. The molecule has 1 aromatic rings. The number of benzene rings is 1. The van der Waals surface area contributed by atoms with Gasteiger partial charge in [0.15, 0.2) is 0 Å². The summed E-state index contributed by atoms with van der Waals surface area (Å²) in [6, 6.07) is 8.98. The third-order valence-electron chi connectivity index (χ3n) is 2.34. The van der Waals surface area contributed by atoms with Gasteiger partial charge in [-0.2, -0.15) is 0 Å². The average molecular weight is 284 g/mol. The number of nitrogens with one attached hydrogen (secondary N) is 2. The van der Waals surface area contributed by atoms with Gasteiger partial charge in [0.1, 0.15) is 6.04 Å². The third kappa shape index (κ3) is 7.53. The first-order valence-electron chi connectivity index (χ1n) is 6.74. The van der Waals surface area contributed by atoms with Crippen molar-refractivity contribution < 1.29 is 17.2 Å². The van der Waals surface area contributed by atoms with Gasteiger partial charge in [0, 0.05) is 16.8 Å². The van der Waals surface area contributed by atoms with Crippen LogP contribution in [-0.4, -0.2) is 31.5 Å². The largest absolute Gasteiger partial charge is 0.374 e. The van der Waals surface area contributed by atoms with Crippen molar-refractivity contribution in [2.75, 3.05) is 13.7 Å². The molecule has 0 fully saturated rings. The van der Waals surface area contributed by atoms with Crippen molar-refractivity contribution in [3.05, 3.63) is 35.9 Å². The lowest BCUT2D eigenvalue weighted by Crippen LogP contribution is -2.47. The Balaban J connectivity index is -0.000000864. The van der Waals surface area contributed by atoms with Crippen LogP contribution in [0.4, 0.5) is 0 Å². The SMILES string of the molecule is CC.CNC(=O)C(COCc1ccccc1)NC(C)=O.[HH].[HH]. The van der Waals surface area contributed by atoms with E-state index in [4.69, 9.17) is 4.74 Å². The van der Waals surface area contributed by atoms with E-state index in [9.17, 15) is 9.59 Å². The van der Waals surface area contributed by atoms with E-state index in [1.54, 1.807) is 0 Å². The van der Waals surface area contributed by atoms with E-state index in [0.717, 1.165) is 5.56 Å². The molecule has 5 nitrogen and oxygen atoms in total. The Labute approximate surface area is 123 Å². The van der Waals surface area contributed by atoms with Crippen molar-refractivity contribution in [1.29, 1.82) is 0 Å². The van der Waals surface area contributed by atoms with Gasteiger partial charge >= 0.3 is 0 Å². The zero-order valence-corrected chi connectivity index (χ0v) is 12.6. The Morgan fingerprint density at radius 2 is 1.85 bits per heavy atom. The summed E-state index contributed by atoms with van der Waals surface area (Å²) in [6.45, 7) is 5.93. The summed E-state index contributed by atoms with van der Waals surface area (Å²) in [5, 5.41) is 5.03. The molecule has 0 aromatic heterocycles. The van der Waals surface area contributed by atoms with Crippen molar-refractivity contribution in [2.45, 2.75) is 33.4 Å². The molecule has 0 spiro atoms. The molecule has 116 valence electrons. The van der Waals surface area contributed by atoms with Crippen LogP contribution in [-0.2, 0) is 20.9 Å². The van der Waals surface area contributed by atoms with Crippen LogP contribution in [0, 0.1) is 0 Å². The lowest BCUT2D eigenvalue weighted by molar-refractivity contribution is -0.129. The average Bonchev–Trinajstić information content (AvgIpc) is 2.48. The van der Waals surface area contributed by atoms with Crippen LogP contribution in [0.1, 0.15) is 29.2 Å². The van der Waals surface area contributed by atoms with E-state index in [-0.39, 0.29) is 21.3 Å². The van der Waals surface area contributed by atoms with Crippen LogP contribution in [0.25, 0.3) is 0 Å². The molecule has 5 heteroatoms. The van der Waals surface area contributed by atoms with E-state index >= 15 is 0 Å². The summed E-state index contributed by atoms with van der Waals surface area (Å²) in [5.41, 5.74) is 1.02. The zero-order valence-electron chi connectivity index (χ0n) is 12.6. The van der Waals surface area contributed by atoms with Crippen LogP contribution in [0.3, 0.4) is 0 Å². The summed E-state index contributed by atoms with van der Waals surface area (Å²) >= 11 is 0. The minimum atomic E-state index is -0.656. The van der Waals surface area contributed by atoms with Crippen LogP contribution in [0.2, 0.25) is 0 Å². The maximum atomic E-state index is 11.5. The molecule has 2 N–H and O–H groups in total. The van der Waals surface area contributed by atoms with Crippen LogP contribution in [0.15, 0.2) is 30.3 Å². The molecular formula is C15H28N2O3. The van der Waals surface area contributed by atoms with Gasteiger partial charge in [-0.3, -0.25) is 9.59 Å². The molecule has 0 aliphatic heterocycles. The number of hydrogen-bond donors (Lipinski definition) is 2. The third-order valence-corrected chi connectivity index (χ3v) is 2.34. The summed E-state index contributed by atoms with van der Waals surface area (Å²) in [5.74, 6) is -0.523. The molecule has 0 saturated heterocycles. The molecule has 1 atom stereocenters. The van der Waals surface area contributed by atoms with Gasteiger partial charge in [0.25, 0.3) is 0 Å². The van der Waals surface area contributed by atoms with E-state index in [1.165, 1.54) is 14.0 Å². The van der Waals surface area contributed by atoms with Gasteiger partial charge in [0.2, 0.25) is 11.8 Å². The first-order chi connectivity index (χ1) is 9.63. The number of hydrogen-bond acceptors (Lipinski definition) is 3. The van der Waals surface area contributed by atoms with Crippen molar-refractivity contribution in [2.24, 2.45) is 0 Å². The minimum absolute atomic E-state index is 0. The Morgan fingerprint density at radius 3 is 2.35 bits per heavy atom. The maximum absolute atomic E-state index is 11.5. The van der Waals surface area contributed by atoms with Crippen molar-refractivity contribution >= 4 is 11.8 Å². The first kappa shape index (κ1) is 18.1. The van der Waals surface area contributed by atoms with Crippen molar-refractivity contribution in [1.82, 2.24) is 10.6 Å². The minimum Gasteiger partial charge on any atom is -0.374 e. The van der Waals surface area contributed by atoms with E-state index < -0.39 is 6.04 Å². The Kier molecular flexibility index (Phi) is 9.96. The second-order valence-electron chi connectivity index (χ2n) is 3.87. The predicted octanol–water partition coefficient (Wildman–Crippen LogP) is 1.97. The van der Waals surface area contributed by atoms with Gasteiger partial charge in [-0.05, 0) is 5.56 Å². The molecule has 0 saturated carbocycles. The molecule has 0 bridgehead atoms. The fourth-order valence-electron chi connectivity index (χ4n) is 1.47. The fraction of sp³-hybridized carbons (Fsp3) is 0.467. The van der Waals surface area contributed by atoms with Gasteiger partial charge in [-0.1, -0.05) is 44.2 Å². The number of amides is 2. The maximum Gasteiger partial charge on any atom is 0.244 e. The lowest BCUT2D eigenvalue weighted by Gasteiger charge is -2.16. The molecule has 1 aromatic carbocycles. The number of likely N-dealkylation sites (N-methyl/N-ethyl adjacent to an activating group) is 1. The molecule has 20 heavy (non-hydrogen) atoms. The highest BCUT2D eigenvalue weighted by Crippen LogP contribution is 2.01. The summed E-state index contributed by atoms with van der Waals surface area (Å²) in [6.07, 6.45) is 0. The molecule has 1 unspecified atom stereocenters. The van der Waals surface area contributed by atoms with Crippen molar-refractivity contribution in [3.8, 4) is 0 Å². The number of carbonyl (C=O) groups is 2. The molecule has 0 aliphatic carbocycles.